The van der Waals surface area contributed by atoms with E-state index in [1.807, 2.05) is 24.3 Å². The van der Waals surface area contributed by atoms with Crippen LogP contribution in [0.2, 0.25) is 0 Å². The molecule has 202 valence electrons. The van der Waals surface area contributed by atoms with Crippen LogP contribution in [0.1, 0.15) is 24.3 Å². The van der Waals surface area contributed by atoms with E-state index in [0.29, 0.717) is 22.0 Å². The highest BCUT2D eigenvalue weighted by molar-refractivity contribution is 6.53. The van der Waals surface area contributed by atoms with Crippen LogP contribution in [-0.4, -0.2) is 50.4 Å². The largest absolute Gasteiger partial charge is 0.507 e. The van der Waals surface area contributed by atoms with Gasteiger partial charge in [-0.15, -0.1) is 23.2 Å². The Bertz CT molecular complexity index is 1690. The Balaban J connectivity index is 1.45. The van der Waals surface area contributed by atoms with Gasteiger partial charge in [0.2, 0.25) is 11.8 Å². The van der Waals surface area contributed by atoms with Crippen molar-refractivity contribution in [2.75, 3.05) is 11.9 Å². The molecule has 1 saturated carbocycles. The maximum absolute atomic E-state index is 14.0. The lowest BCUT2D eigenvalue weighted by Crippen LogP contribution is -2.60. The number of benzene rings is 3. The highest BCUT2D eigenvalue weighted by atomic mass is 35.5. The number of fused-ring (bicyclic) bond motifs is 5. The van der Waals surface area contributed by atoms with Crippen LogP contribution in [0.4, 0.5) is 5.69 Å². The number of hydrogen-bond acceptors (Lipinski definition) is 5. The first-order chi connectivity index (χ1) is 19.1. The summed E-state index contributed by atoms with van der Waals surface area (Å²) >= 11 is 14.5. The zero-order valence-electron chi connectivity index (χ0n) is 21.4. The van der Waals surface area contributed by atoms with Crippen molar-refractivity contribution in [1.82, 2.24) is 4.90 Å². The van der Waals surface area contributed by atoms with Gasteiger partial charge in [0, 0.05) is 18.4 Å². The van der Waals surface area contributed by atoms with Crippen LogP contribution in [0.15, 0.2) is 78.4 Å². The van der Waals surface area contributed by atoms with E-state index >= 15 is 0 Å². The maximum atomic E-state index is 14.0. The van der Waals surface area contributed by atoms with Gasteiger partial charge in [-0.2, -0.15) is 0 Å². The van der Waals surface area contributed by atoms with Crippen LogP contribution in [0.5, 0.6) is 5.75 Å². The average Bonchev–Trinajstić information content (AvgIpc) is 3.29. The van der Waals surface area contributed by atoms with Crippen molar-refractivity contribution in [1.29, 1.82) is 0 Å². The summed E-state index contributed by atoms with van der Waals surface area (Å²) in [5, 5.41) is 11.8. The molecular weight excluding hydrogens is 551 g/mol. The first kappa shape index (κ1) is 25.3. The Morgan fingerprint density at radius 3 is 2.23 bits per heavy atom. The van der Waals surface area contributed by atoms with Crippen LogP contribution < -0.4 is 4.90 Å². The Hall–Kier alpha value is -3.68. The van der Waals surface area contributed by atoms with Crippen LogP contribution in [0.25, 0.3) is 10.8 Å². The Kier molecular flexibility index (Phi) is 5.32. The van der Waals surface area contributed by atoms with E-state index in [4.69, 9.17) is 23.2 Å². The van der Waals surface area contributed by atoms with Crippen LogP contribution in [0, 0.1) is 17.8 Å². The second kappa shape index (κ2) is 8.41. The molecule has 7 rings (SSSR count). The summed E-state index contributed by atoms with van der Waals surface area (Å²) in [5.41, 5.74) is 1.83. The number of halogens is 2. The summed E-state index contributed by atoms with van der Waals surface area (Å²) in [6.45, 7) is 0. The third-order valence-corrected chi connectivity index (χ3v) is 10.7. The van der Waals surface area contributed by atoms with Gasteiger partial charge >= 0.3 is 0 Å². The number of alkyl halides is 2. The molecule has 0 aromatic heterocycles. The van der Waals surface area contributed by atoms with Crippen molar-refractivity contribution in [2.45, 2.75) is 28.5 Å². The molecule has 40 heavy (non-hydrogen) atoms. The molecule has 7 nitrogen and oxygen atoms in total. The lowest BCUT2D eigenvalue weighted by molar-refractivity contribution is -0.138. The smallest absolute Gasteiger partial charge is 0.253 e. The van der Waals surface area contributed by atoms with E-state index in [1.165, 1.54) is 18.0 Å². The Morgan fingerprint density at radius 1 is 0.825 bits per heavy atom. The van der Waals surface area contributed by atoms with Crippen molar-refractivity contribution in [3.05, 3.63) is 83.9 Å². The minimum Gasteiger partial charge on any atom is -0.507 e. The number of aromatic hydroxyl groups is 1. The standard InChI is InChI=1S/C31H24Cl2N2O5/c1-34-28(39)30(32)15-22-20(11-12-21-24(22)27(38)35(26(21)37)16-7-3-2-4-8-16)25(31(30,33)29(34)40)19-13-14-23(36)18-10-6-5-9-17(18)19/h2-11,13-14,21-22,24-25,36H,12,15H2,1H3/t21-,22+,24-,25-,30+,31-/m0/s1. The number of para-hydroxylation sites is 1. The van der Waals surface area contributed by atoms with Crippen molar-refractivity contribution in [3.8, 4) is 5.75 Å². The van der Waals surface area contributed by atoms with Crippen molar-refractivity contribution in [3.63, 3.8) is 0 Å². The number of hydrogen-bond donors (Lipinski definition) is 1. The molecule has 2 aliphatic heterocycles. The Labute approximate surface area is 239 Å². The van der Waals surface area contributed by atoms with Crippen LogP contribution in [-0.2, 0) is 19.2 Å². The fraction of sp³-hybridized carbons (Fsp3) is 0.290. The molecule has 4 aliphatic rings. The molecule has 4 amide bonds. The second-order valence-corrected chi connectivity index (χ2v) is 12.3. The fourth-order valence-corrected chi connectivity index (χ4v) is 8.49. The summed E-state index contributed by atoms with van der Waals surface area (Å²) in [7, 11) is 1.37. The van der Waals surface area contributed by atoms with Gasteiger partial charge in [0.1, 0.15) is 5.75 Å². The normalized spacial score (nSPS) is 33.2. The number of anilines is 1. The van der Waals surface area contributed by atoms with Gasteiger partial charge in [-0.25, -0.2) is 0 Å². The van der Waals surface area contributed by atoms with Gasteiger partial charge in [-0.3, -0.25) is 29.0 Å². The zero-order valence-corrected chi connectivity index (χ0v) is 22.9. The third kappa shape index (κ3) is 2.97. The quantitative estimate of drug-likeness (QED) is 0.271. The van der Waals surface area contributed by atoms with Gasteiger partial charge in [0.05, 0.1) is 17.5 Å². The predicted molar refractivity (Wildman–Crippen MR) is 150 cm³/mol. The van der Waals surface area contributed by atoms with Gasteiger partial charge in [0.15, 0.2) is 9.75 Å². The van der Waals surface area contributed by atoms with Gasteiger partial charge < -0.3 is 5.11 Å². The summed E-state index contributed by atoms with van der Waals surface area (Å²) in [4.78, 5) is 53.5. The van der Waals surface area contributed by atoms with Gasteiger partial charge in [-0.1, -0.05) is 60.2 Å². The number of phenols is 1. The van der Waals surface area contributed by atoms with E-state index in [2.05, 4.69) is 0 Å². The molecule has 1 N–H and O–H groups in total. The number of rotatable bonds is 2. The number of carbonyl (C=O) groups is 4. The number of nitrogens with zero attached hydrogens (tertiary/aromatic N) is 2. The SMILES string of the molecule is CN1C(=O)[C@]2(Cl)C[C@@H]3C(=CC[C@@H]4C(=O)N(c5ccccc5)C(=O)[C@@H]43)[C@H](c3ccc(O)c4ccccc34)[C@]2(Cl)C1=O. The van der Waals surface area contributed by atoms with E-state index < -0.39 is 45.2 Å². The summed E-state index contributed by atoms with van der Waals surface area (Å²) in [6.07, 6.45) is 2.14. The van der Waals surface area contributed by atoms with Crippen LogP contribution >= 0.6 is 23.2 Å². The fourth-order valence-electron chi connectivity index (χ4n) is 7.48. The summed E-state index contributed by atoms with van der Waals surface area (Å²) in [6, 6.07) is 19.2. The van der Waals surface area contributed by atoms with Gasteiger partial charge in [0.25, 0.3) is 11.8 Å². The molecule has 2 heterocycles. The molecule has 3 aromatic rings. The van der Waals surface area contributed by atoms with Crippen LogP contribution in [0.3, 0.4) is 0 Å². The molecule has 0 spiro atoms. The minimum atomic E-state index is -1.87. The first-order valence-electron chi connectivity index (χ1n) is 13.1. The van der Waals surface area contributed by atoms with E-state index in [9.17, 15) is 24.3 Å². The molecule has 0 radical (unpaired) electrons. The highest BCUT2D eigenvalue weighted by Gasteiger charge is 2.76. The molecule has 0 bridgehead atoms. The van der Waals surface area contributed by atoms with E-state index in [1.54, 1.807) is 42.5 Å². The van der Waals surface area contributed by atoms with Crippen molar-refractivity contribution < 1.29 is 24.3 Å². The zero-order chi connectivity index (χ0) is 28.1. The van der Waals surface area contributed by atoms with Gasteiger partial charge in [-0.05, 0) is 47.9 Å². The Morgan fingerprint density at radius 2 is 1.50 bits per heavy atom. The molecule has 9 heteroatoms. The number of phenolic OH excluding ortho intramolecular Hbond substituents is 1. The monoisotopic (exact) mass is 574 g/mol. The molecule has 0 unspecified atom stereocenters. The highest BCUT2D eigenvalue weighted by Crippen LogP contribution is 2.66. The van der Waals surface area contributed by atoms with E-state index in [-0.39, 0.29) is 30.4 Å². The predicted octanol–water partition coefficient (Wildman–Crippen LogP) is 4.74. The van der Waals surface area contributed by atoms with Crippen molar-refractivity contribution >= 4 is 63.3 Å². The number of imide groups is 2. The molecular formula is C31H24Cl2N2O5. The second-order valence-electron chi connectivity index (χ2n) is 11.1. The summed E-state index contributed by atoms with van der Waals surface area (Å²) in [5.74, 6) is -4.68. The third-order valence-electron chi connectivity index (χ3n) is 9.27. The number of carbonyl (C=O) groups excluding carboxylic acids is 4. The topological polar surface area (TPSA) is 95.0 Å². The summed E-state index contributed by atoms with van der Waals surface area (Å²) < 4.78 is 0. The molecule has 3 aromatic carbocycles. The number of allylic oxidation sites excluding steroid dienone is 2. The molecule has 2 saturated heterocycles. The minimum absolute atomic E-state index is 0.0613. The molecule has 3 fully saturated rings. The molecule has 2 aliphatic carbocycles. The van der Waals surface area contributed by atoms with E-state index in [0.717, 1.165) is 10.5 Å². The number of amides is 4. The first-order valence-corrected chi connectivity index (χ1v) is 13.9. The maximum Gasteiger partial charge on any atom is 0.253 e. The molecule has 6 atom stereocenters. The number of likely N-dealkylation sites (tertiary alicyclic amines) is 1. The lowest BCUT2D eigenvalue weighted by Gasteiger charge is -2.51. The van der Waals surface area contributed by atoms with Crippen molar-refractivity contribution in [2.24, 2.45) is 17.8 Å². The average molecular weight is 575 g/mol. The lowest BCUT2D eigenvalue weighted by atomic mass is 9.56.